The molecule has 0 bridgehead atoms. The SMILES string of the molecule is O=CC(=O)NCC1CC1. The fourth-order valence-electron chi connectivity index (χ4n) is 0.609. The molecule has 3 heteroatoms. The van der Waals surface area contributed by atoms with Crippen molar-refractivity contribution in [2.45, 2.75) is 12.8 Å². The van der Waals surface area contributed by atoms with E-state index in [1.54, 1.807) is 0 Å². The second-order valence-corrected chi connectivity index (χ2v) is 2.31. The van der Waals surface area contributed by atoms with Crippen LogP contribution in [-0.4, -0.2) is 18.7 Å². The number of hydrogen-bond donors (Lipinski definition) is 1. The first-order valence-corrected chi connectivity index (χ1v) is 3.06. The summed E-state index contributed by atoms with van der Waals surface area (Å²) in [6.45, 7) is 0.678. The van der Waals surface area contributed by atoms with Gasteiger partial charge in [0.1, 0.15) is 0 Å². The zero-order valence-electron chi connectivity index (χ0n) is 5.09. The Balaban J connectivity index is 2.02. The van der Waals surface area contributed by atoms with Gasteiger partial charge in [-0.1, -0.05) is 0 Å². The number of rotatable bonds is 3. The van der Waals surface area contributed by atoms with Gasteiger partial charge in [0.05, 0.1) is 0 Å². The first-order chi connectivity index (χ1) is 4.33. The zero-order chi connectivity index (χ0) is 6.69. The normalized spacial score (nSPS) is 16.9. The van der Waals surface area contributed by atoms with Crippen molar-refractivity contribution >= 4 is 12.2 Å². The first-order valence-electron chi connectivity index (χ1n) is 3.06. The number of hydrogen-bond acceptors (Lipinski definition) is 2. The number of carbonyl (C=O) groups excluding carboxylic acids is 2. The van der Waals surface area contributed by atoms with Crippen LogP contribution in [0, 0.1) is 5.92 Å². The van der Waals surface area contributed by atoms with E-state index in [1.165, 1.54) is 12.8 Å². The largest absolute Gasteiger partial charge is 0.349 e. The van der Waals surface area contributed by atoms with Gasteiger partial charge in [-0.25, -0.2) is 0 Å². The molecule has 0 atom stereocenters. The molecule has 50 valence electrons. The van der Waals surface area contributed by atoms with Crippen LogP contribution in [0.15, 0.2) is 0 Å². The van der Waals surface area contributed by atoms with Crippen molar-refractivity contribution in [1.82, 2.24) is 5.32 Å². The van der Waals surface area contributed by atoms with Gasteiger partial charge in [0.25, 0.3) is 5.91 Å². The van der Waals surface area contributed by atoms with E-state index in [4.69, 9.17) is 0 Å². The van der Waals surface area contributed by atoms with Crippen molar-refractivity contribution in [2.75, 3.05) is 6.54 Å². The summed E-state index contributed by atoms with van der Waals surface area (Å²) >= 11 is 0. The Kier molecular flexibility index (Phi) is 1.82. The minimum Gasteiger partial charge on any atom is -0.349 e. The van der Waals surface area contributed by atoms with Crippen molar-refractivity contribution < 1.29 is 9.59 Å². The van der Waals surface area contributed by atoms with Gasteiger partial charge in [0.2, 0.25) is 6.29 Å². The first kappa shape index (κ1) is 6.26. The van der Waals surface area contributed by atoms with E-state index >= 15 is 0 Å². The van der Waals surface area contributed by atoms with Crippen LogP contribution in [0.1, 0.15) is 12.8 Å². The quantitative estimate of drug-likeness (QED) is 0.418. The van der Waals surface area contributed by atoms with Crippen LogP contribution >= 0.6 is 0 Å². The molecular formula is C6H9NO2. The standard InChI is InChI=1S/C6H9NO2/c8-4-6(9)7-3-5-1-2-5/h4-5H,1-3H2,(H,7,9). The molecular weight excluding hydrogens is 118 g/mol. The number of amides is 1. The molecule has 0 aliphatic heterocycles. The average molecular weight is 127 g/mol. The molecule has 1 fully saturated rings. The lowest BCUT2D eigenvalue weighted by atomic mass is 10.4. The molecule has 0 aromatic carbocycles. The molecule has 0 radical (unpaired) electrons. The summed E-state index contributed by atoms with van der Waals surface area (Å²) in [4.78, 5) is 20.0. The maximum Gasteiger partial charge on any atom is 0.284 e. The molecule has 1 N–H and O–H groups in total. The number of nitrogens with one attached hydrogen (secondary N) is 1. The van der Waals surface area contributed by atoms with Crippen molar-refractivity contribution in [3.63, 3.8) is 0 Å². The topological polar surface area (TPSA) is 46.2 Å². The molecule has 1 amide bonds. The highest BCUT2D eigenvalue weighted by atomic mass is 16.2. The monoisotopic (exact) mass is 127 g/mol. The van der Waals surface area contributed by atoms with Crippen LogP contribution in [0.3, 0.4) is 0 Å². The van der Waals surface area contributed by atoms with Crippen molar-refractivity contribution in [3.8, 4) is 0 Å². The van der Waals surface area contributed by atoms with Crippen LogP contribution in [-0.2, 0) is 9.59 Å². The fourth-order valence-corrected chi connectivity index (χ4v) is 0.609. The highest BCUT2D eigenvalue weighted by Gasteiger charge is 2.21. The molecule has 0 aromatic rings. The maximum atomic E-state index is 10.3. The molecule has 0 aromatic heterocycles. The van der Waals surface area contributed by atoms with Gasteiger partial charge in [-0.05, 0) is 18.8 Å². The van der Waals surface area contributed by atoms with Gasteiger partial charge < -0.3 is 5.32 Å². The fraction of sp³-hybridized carbons (Fsp3) is 0.667. The summed E-state index contributed by atoms with van der Waals surface area (Å²) < 4.78 is 0. The van der Waals surface area contributed by atoms with Gasteiger partial charge in [0.15, 0.2) is 0 Å². The Labute approximate surface area is 53.4 Å². The van der Waals surface area contributed by atoms with E-state index < -0.39 is 5.91 Å². The lowest BCUT2D eigenvalue weighted by Gasteiger charge is -1.94. The minimum absolute atomic E-state index is 0.308. The van der Waals surface area contributed by atoms with Crippen LogP contribution in [0.25, 0.3) is 0 Å². The molecule has 1 aliphatic rings. The second kappa shape index (κ2) is 2.62. The summed E-state index contributed by atoms with van der Waals surface area (Å²) in [5.41, 5.74) is 0. The van der Waals surface area contributed by atoms with Gasteiger partial charge in [-0.3, -0.25) is 9.59 Å². The lowest BCUT2D eigenvalue weighted by Crippen LogP contribution is -2.26. The molecule has 9 heavy (non-hydrogen) atoms. The van der Waals surface area contributed by atoms with E-state index in [0.717, 1.165) is 0 Å². The van der Waals surface area contributed by atoms with E-state index in [1.807, 2.05) is 0 Å². The number of carbonyl (C=O) groups is 2. The van der Waals surface area contributed by atoms with Crippen LogP contribution in [0.2, 0.25) is 0 Å². The van der Waals surface area contributed by atoms with Gasteiger partial charge >= 0.3 is 0 Å². The van der Waals surface area contributed by atoms with E-state index in [0.29, 0.717) is 18.7 Å². The molecule has 1 saturated carbocycles. The summed E-state index contributed by atoms with van der Waals surface area (Å²) in [5.74, 6) is 0.149. The van der Waals surface area contributed by atoms with Crippen LogP contribution < -0.4 is 5.32 Å². The average Bonchev–Trinajstić information content (AvgIpc) is 2.65. The number of aldehydes is 1. The highest BCUT2D eigenvalue weighted by molar-refractivity contribution is 6.23. The predicted octanol–water partition coefficient (Wildman–Crippen LogP) is -0.289. The predicted molar refractivity (Wildman–Crippen MR) is 31.8 cm³/mol. The molecule has 1 aliphatic carbocycles. The third-order valence-corrected chi connectivity index (χ3v) is 1.37. The molecule has 0 saturated heterocycles. The maximum absolute atomic E-state index is 10.3. The highest BCUT2D eigenvalue weighted by Crippen LogP contribution is 2.27. The molecule has 0 unspecified atom stereocenters. The molecule has 1 rings (SSSR count). The van der Waals surface area contributed by atoms with E-state index in [9.17, 15) is 9.59 Å². The smallest absolute Gasteiger partial charge is 0.284 e. The summed E-state index contributed by atoms with van der Waals surface area (Å²) in [5, 5.41) is 2.49. The second-order valence-electron chi connectivity index (χ2n) is 2.31. The Hall–Kier alpha value is -0.860. The van der Waals surface area contributed by atoms with Crippen molar-refractivity contribution in [3.05, 3.63) is 0 Å². The van der Waals surface area contributed by atoms with E-state index in [-0.39, 0.29) is 0 Å². The Morgan fingerprint density at radius 1 is 1.67 bits per heavy atom. The Bertz CT molecular complexity index is 129. The van der Waals surface area contributed by atoms with Gasteiger partial charge in [0, 0.05) is 6.54 Å². The summed E-state index contributed by atoms with van der Waals surface area (Å²) in [6, 6.07) is 0. The van der Waals surface area contributed by atoms with Crippen molar-refractivity contribution in [2.24, 2.45) is 5.92 Å². The van der Waals surface area contributed by atoms with E-state index in [2.05, 4.69) is 5.32 Å². The molecule has 0 spiro atoms. The molecule has 3 nitrogen and oxygen atoms in total. The Morgan fingerprint density at radius 2 is 2.33 bits per heavy atom. The Morgan fingerprint density at radius 3 is 2.78 bits per heavy atom. The lowest BCUT2D eigenvalue weighted by molar-refractivity contribution is -0.131. The summed E-state index contributed by atoms with van der Waals surface area (Å²) in [6.07, 6.45) is 2.70. The van der Waals surface area contributed by atoms with Gasteiger partial charge in [-0.15, -0.1) is 0 Å². The summed E-state index contributed by atoms with van der Waals surface area (Å²) in [7, 11) is 0. The third-order valence-electron chi connectivity index (χ3n) is 1.37. The third kappa shape index (κ3) is 2.26. The van der Waals surface area contributed by atoms with Crippen LogP contribution in [0.5, 0.6) is 0 Å². The zero-order valence-corrected chi connectivity index (χ0v) is 5.09. The molecule has 0 heterocycles. The minimum atomic E-state index is -0.498. The van der Waals surface area contributed by atoms with Crippen LogP contribution in [0.4, 0.5) is 0 Å². The van der Waals surface area contributed by atoms with Crippen molar-refractivity contribution in [1.29, 1.82) is 0 Å². The van der Waals surface area contributed by atoms with Gasteiger partial charge in [-0.2, -0.15) is 0 Å².